The van der Waals surface area contributed by atoms with Crippen molar-refractivity contribution in [3.05, 3.63) is 16.3 Å². The van der Waals surface area contributed by atoms with Gasteiger partial charge in [-0.25, -0.2) is 0 Å². The molecule has 0 saturated heterocycles. The zero-order valence-electron chi connectivity index (χ0n) is 8.11. The van der Waals surface area contributed by atoms with Crippen molar-refractivity contribution in [3.63, 3.8) is 0 Å². The minimum absolute atomic E-state index is 0.210. The van der Waals surface area contributed by atoms with Gasteiger partial charge in [0.15, 0.2) is 0 Å². The number of amides is 1. The summed E-state index contributed by atoms with van der Waals surface area (Å²) in [5.74, 6) is 0.357. The number of ether oxygens (including phenoxy) is 1. The van der Waals surface area contributed by atoms with Crippen LogP contribution in [0.2, 0.25) is 0 Å². The number of aliphatic hydroxyl groups excluding tert-OH is 1. The lowest BCUT2D eigenvalue weighted by molar-refractivity contribution is 0.0925. The van der Waals surface area contributed by atoms with Gasteiger partial charge in [-0.15, -0.1) is 11.3 Å². The molecule has 1 aromatic heterocycles. The Balaban J connectivity index is 2.60. The SMILES string of the molecule is COc1ccsc1C(=O)NC[C@H](C)O. The minimum atomic E-state index is -0.537. The van der Waals surface area contributed by atoms with Gasteiger partial charge in [0.1, 0.15) is 10.6 Å². The third-order valence-electron chi connectivity index (χ3n) is 1.61. The molecule has 0 unspecified atom stereocenters. The van der Waals surface area contributed by atoms with Gasteiger partial charge in [-0.2, -0.15) is 0 Å². The Labute approximate surface area is 86.5 Å². The average Bonchev–Trinajstić information content (AvgIpc) is 2.61. The maximum Gasteiger partial charge on any atom is 0.265 e. The molecule has 0 aliphatic carbocycles. The van der Waals surface area contributed by atoms with Crippen molar-refractivity contribution in [1.29, 1.82) is 0 Å². The zero-order chi connectivity index (χ0) is 10.6. The lowest BCUT2D eigenvalue weighted by atomic mass is 10.3. The summed E-state index contributed by atoms with van der Waals surface area (Å²) < 4.78 is 5.00. The third-order valence-corrected chi connectivity index (χ3v) is 2.51. The lowest BCUT2D eigenvalue weighted by Crippen LogP contribution is -2.30. The Hall–Kier alpha value is -1.07. The van der Waals surface area contributed by atoms with Crippen molar-refractivity contribution < 1.29 is 14.6 Å². The highest BCUT2D eigenvalue weighted by Gasteiger charge is 2.13. The maximum absolute atomic E-state index is 11.5. The molecule has 0 aromatic carbocycles. The van der Waals surface area contributed by atoms with E-state index in [1.165, 1.54) is 18.4 Å². The molecule has 0 bridgehead atoms. The van der Waals surface area contributed by atoms with Crippen molar-refractivity contribution in [1.82, 2.24) is 5.32 Å². The first kappa shape index (κ1) is 11.0. The standard InChI is InChI=1S/C9H13NO3S/c1-6(11)5-10-9(12)8-7(13-2)3-4-14-8/h3-4,6,11H,5H2,1-2H3,(H,10,12)/t6-/m0/s1. The number of carbonyl (C=O) groups is 1. The number of carbonyl (C=O) groups excluding carboxylic acids is 1. The molecule has 1 aromatic rings. The summed E-state index contributed by atoms with van der Waals surface area (Å²) >= 11 is 1.32. The Morgan fingerprint density at radius 3 is 3.07 bits per heavy atom. The van der Waals surface area contributed by atoms with E-state index in [0.29, 0.717) is 10.6 Å². The number of methoxy groups -OCH3 is 1. The molecule has 78 valence electrons. The van der Waals surface area contributed by atoms with E-state index in [9.17, 15) is 4.79 Å². The second-order valence-corrected chi connectivity index (χ2v) is 3.79. The molecule has 0 saturated carbocycles. The molecule has 0 spiro atoms. The zero-order valence-corrected chi connectivity index (χ0v) is 8.93. The summed E-state index contributed by atoms with van der Waals surface area (Å²) in [5.41, 5.74) is 0. The van der Waals surface area contributed by atoms with Crippen molar-refractivity contribution in [2.24, 2.45) is 0 Å². The quantitative estimate of drug-likeness (QED) is 0.783. The van der Waals surface area contributed by atoms with Crippen molar-refractivity contribution in [2.75, 3.05) is 13.7 Å². The molecule has 0 aliphatic rings. The van der Waals surface area contributed by atoms with Gasteiger partial charge in [0.05, 0.1) is 13.2 Å². The van der Waals surface area contributed by atoms with Gasteiger partial charge in [-0.05, 0) is 18.4 Å². The van der Waals surface area contributed by atoms with Crippen LogP contribution in [0.4, 0.5) is 0 Å². The highest BCUT2D eigenvalue weighted by Crippen LogP contribution is 2.23. The van der Waals surface area contributed by atoms with Crippen molar-refractivity contribution >= 4 is 17.2 Å². The fraction of sp³-hybridized carbons (Fsp3) is 0.444. The van der Waals surface area contributed by atoms with Crippen LogP contribution < -0.4 is 10.1 Å². The molecule has 1 amide bonds. The second-order valence-electron chi connectivity index (χ2n) is 2.88. The molecule has 0 radical (unpaired) electrons. The van der Waals surface area contributed by atoms with Gasteiger partial charge >= 0.3 is 0 Å². The lowest BCUT2D eigenvalue weighted by Gasteiger charge is -2.06. The number of rotatable bonds is 4. The molecule has 1 atom stereocenters. The monoisotopic (exact) mass is 215 g/mol. The molecular weight excluding hydrogens is 202 g/mol. The van der Waals surface area contributed by atoms with Crippen LogP contribution in [-0.4, -0.2) is 30.8 Å². The number of hydrogen-bond acceptors (Lipinski definition) is 4. The van der Waals surface area contributed by atoms with Crippen LogP contribution in [0.25, 0.3) is 0 Å². The van der Waals surface area contributed by atoms with Gasteiger partial charge in [-0.1, -0.05) is 0 Å². The Bertz CT molecular complexity index is 309. The molecule has 1 rings (SSSR count). The number of aliphatic hydroxyl groups is 1. The van der Waals surface area contributed by atoms with E-state index in [2.05, 4.69) is 5.32 Å². The first-order valence-electron chi connectivity index (χ1n) is 4.23. The van der Waals surface area contributed by atoms with Crippen LogP contribution in [0.15, 0.2) is 11.4 Å². The summed E-state index contributed by atoms with van der Waals surface area (Å²) in [6, 6.07) is 1.74. The summed E-state index contributed by atoms with van der Waals surface area (Å²) in [6.45, 7) is 1.87. The van der Waals surface area contributed by atoms with Gasteiger partial charge in [0, 0.05) is 6.54 Å². The Morgan fingerprint density at radius 1 is 1.79 bits per heavy atom. The average molecular weight is 215 g/mol. The van der Waals surface area contributed by atoms with Crippen LogP contribution >= 0.6 is 11.3 Å². The first-order chi connectivity index (χ1) is 6.65. The van der Waals surface area contributed by atoms with E-state index in [-0.39, 0.29) is 12.5 Å². The predicted octanol–water partition coefficient (Wildman–Crippen LogP) is 0.867. The van der Waals surface area contributed by atoms with Crippen molar-refractivity contribution in [3.8, 4) is 5.75 Å². The van der Waals surface area contributed by atoms with Crippen LogP contribution in [0.1, 0.15) is 16.6 Å². The molecule has 2 N–H and O–H groups in total. The maximum atomic E-state index is 11.5. The molecule has 0 aliphatic heterocycles. The molecule has 0 fully saturated rings. The van der Waals surface area contributed by atoms with E-state index in [0.717, 1.165) is 0 Å². The third kappa shape index (κ3) is 2.71. The van der Waals surface area contributed by atoms with E-state index in [4.69, 9.17) is 9.84 Å². The normalized spacial score (nSPS) is 12.2. The molecule has 4 nitrogen and oxygen atoms in total. The molecular formula is C9H13NO3S. The van der Waals surface area contributed by atoms with Gasteiger partial charge in [0.2, 0.25) is 0 Å². The number of hydrogen-bond donors (Lipinski definition) is 2. The highest BCUT2D eigenvalue weighted by molar-refractivity contribution is 7.12. The fourth-order valence-electron chi connectivity index (χ4n) is 0.944. The van der Waals surface area contributed by atoms with Crippen LogP contribution in [0, 0.1) is 0 Å². The number of nitrogens with one attached hydrogen (secondary N) is 1. The summed E-state index contributed by atoms with van der Waals surface area (Å²) in [5, 5.41) is 13.4. The largest absolute Gasteiger partial charge is 0.495 e. The topological polar surface area (TPSA) is 58.6 Å². The highest BCUT2D eigenvalue weighted by atomic mass is 32.1. The van der Waals surface area contributed by atoms with Crippen LogP contribution in [0.5, 0.6) is 5.75 Å². The van der Waals surface area contributed by atoms with E-state index >= 15 is 0 Å². The van der Waals surface area contributed by atoms with Crippen LogP contribution in [0.3, 0.4) is 0 Å². The molecule has 5 heteroatoms. The van der Waals surface area contributed by atoms with Crippen LogP contribution in [-0.2, 0) is 0 Å². The molecule has 1 heterocycles. The second kappa shape index (κ2) is 4.97. The Morgan fingerprint density at radius 2 is 2.50 bits per heavy atom. The fourth-order valence-corrected chi connectivity index (χ4v) is 1.72. The Kier molecular flexibility index (Phi) is 3.91. The van der Waals surface area contributed by atoms with E-state index in [1.54, 1.807) is 18.4 Å². The summed E-state index contributed by atoms with van der Waals surface area (Å²) in [6.07, 6.45) is -0.537. The summed E-state index contributed by atoms with van der Waals surface area (Å²) in [7, 11) is 1.52. The first-order valence-corrected chi connectivity index (χ1v) is 5.11. The van der Waals surface area contributed by atoms with Gasteiger partial charge < -0.3 is 15.2 Å². The number of thiophene rings is 1. The van der Waals surface area contributed by atoms with Crippen molar-refractivity contribution in [2.45, 2.75) is 13.0 Å². The van der Waals surface area contributed by atoms with E-state index in [1.807, 2.05) is 0 Å². The molecule has 14 heavy (non-hydrogen) atoms. The van der Waals surface area contributed by atoms with E-state index < -0.39 is 6.10 Å². The van der Waals surface area contributed by atoms with Gasteiger partial charge in [0.25, 0.3) is 5.91 Å². The smallest absolute Gasteiger partial charge is 0.265 e. The predicted molar refractivity (Wildman–Crippen MR) is 54.9 cm³/mol. The van der Waals surface area contributed by atoms with Gasteiger partial charge in [-0.3, -0.25) is 4.79 Å². The summed E-state index contributed by atoms with van der Waals surface area (Å²) in [4.78, 5) is 12.0. The minimum Gasteiger partial charge on any atom is -0.495 e.